The van der Waals surface area contributed by atoms with Crippen molar-refractivity contribution in [2.45, 2.75) is 127 Å². The number of hydrogen-bond acceptors (Lipinski definition) is 11. The largest absolute Gasteiger partial charge is 0.480 e. The fraction of sp³-hybridized carbons (Fsp3) is 0.510. The van der Waals surface area contributed by atoms with Gasteiger partial charge in [-0.2, -0.15) is 0 Å². The third-order valence-electron chi connectivity index (χ3n) is 13.3. The number of carboxylic acids is 1. The molecule has 23 nitrogen and oxygen atoms in total. The molecule has 0 spiro atoms. The lowest BCUT2D eigenvalue weighted by Crippen LogP contribution is -2.57. The zero-order chi connectivity index (χ0) is 54.6. The van der Waals surface area contributed by atoms with Gasteiger partial charge < -0.3 is 64.5 Å². The highest BCUT2D eigenvalue weighted by molar-refractivity contribution is 5.98. The van der Waals surface area contributed by atoms with Gasteiger partial charge in [-0.3, -0.25) is 48.3 Å². The number of H-pyrrole nitrogens is 1. The molecule has 6 amide bonds. The van der Waals surface area contributed by atoms with Crippen molar-refractivity contribution < 1.29 is 52.6 Å². The maximum Gasteiger partial charge on any atom is 0.326 e. The molecular weight excluding hydrogens is 974 g/mol. The zero-order valence-electron chi connectivity index (χ0n) is 42.1. The molecule has 2 fully saturated rings. The number of nitrogens with zero attached hydrogens (tertiary/aromatic N) is 3. The quantitative estimate of drug-likeness (QED) is 0.0514. The van der Waals surface area contributed by atoms with Gasteiger partial charge in [0, 0.05) is 81.3 Å². The predicted molar refractivity (Wildman–Crippen MR) is 275 cm³/mol. The van der Waals surface area contributed by atoms with Crippen LogP contribution in [-0.2, 0) is 56.0 Å². The van der Waals surface area contributed by atoms with E-state index in [4.69, 9.17) is 22.9 Å². The minimum absolute atomic E-state index is 0.00722. The number of ketones is 2. The summed E-state index contributed by atoms with van der Waals surface area (Å²) in [4.78, 5) is 137. The molecule has 24 heteroatoms. The molecular formula is C51H70FN13O10. The van der Waals surface area contributed by atoms with Crippen molar-refractivity contribution in [2.75, 3.05) is 26.2 Å². The van der Waals surface area contributed by atoms with Crippen LogP contribution in [0.1, 0.15) is 95.1 Å². The van der Waals surface area contributed by atoms with E-state index in [0.29, 0.717) is 17.5 Å². The van der Waals surface area contributed by atoms with Crippen LogP contribution >= 0.6 is 0 Å². The lowest BCUT2D eigenvalue weighted by Gasteiger charge is -2.31. The van der Waals surface area contributed by atoms with Crippen molar-refractivity contribution in [3.05, 3.63) is 71.7 Å². The number of rotatable bonds is 16. The fourth-order valence-corrected chi connectivity index (χ4v) is 9.41. The molecule has 0 unspecified atom stereocenters. The first-order chi connectivity index (χ1) is 35.8. The van der Waals surface area contributed by atoms with Crippen LogP contribution in [0, 0.1) is 17.7 Å². The van der Waals surface area contributed by atoms with E-state index in [-0.39, 0.29) is 109 Å². The summed E-state index contributed by atoms with van der Waals surface area (Å²) in [5.74, 6) is -9.58. The van der Waals surface area contributed by atoms with Crippen LogP contribution in [0.2, 0.25) is 0 Å². The number of amides is 6. The molecule has 1 aromatic heterocycles. The van der Waals surface area contributed by atoms with Gasteiger partial charge in [-0.15, -0.1) is 0 Å². The Balaban J connectivity index is 1.52. The Kier molecular flexibility index (Phi) is 22.0. The van der Waals surface area contributed by atoms with Gasteiger partial charge in [0.15, 0.2) is 17.7 Å². The van der Waals surface area contributed by atoms with Crippen LogP contribution < -0.4 is 49.5 Å². The summed E-state index contributed by atoms with van der Waals surface area (Å²) in [6.07, 6.45) is 1.20. The Morgan fingerprint density at radius 2 is 1.52 bits per heavy atom. The highest BCUT2D eigenvalue weighted by atomic mass is 19.1. The summed E-state index contributed by atoms with van der Waals surface area (Å²) < 4.78 is 14.1. The zero-order valence-corrected chi connectivity index (χ0v) is 42.1. The molecule has 2 saturated heterocycles. The van der Waals surface area contributed by atoms with Crippen molar-refractivity contribution in [1.82, 2.24) is 36.5 Å². The van der Waals surface area contributed by atoms with Crippen LogP contribution in [0.4, 0.5) is 4.39 Å². The van der Waals surface area contributed by atoms with E-state index < -0.39 is 114 Å². The van der Waals surface area contributed by atoms with E-state index in [9.17, 15) is 52.6 Å². The van der Waals surface area contributed by atoms with E-state index in [2.05, 4.69) is 41.6 Å². The SMILES string of the molecule is CC(=O)N[C@@H](CCCN=C(N)N)C(=O)N[C@H]1CCC(=O)NCCC[C@@H](C(=O)O)NC(=O)[C@H](Cc2c[nH]c3ccccc23)CC(=O)[C@H](CCCN=C(N)N)CC(=O)[C@@H](Cc2ccc(F)cc2)NC(=O)[C@@H]2CCCN2C1=O. The molecule has 7 atom stereocenters. The number of para-hydroxylation sites is 1. The molecule has 0 bridgehead atoms. The van der Waals surface area contributed by atoms with Gasteiger partial charge in [0.05, 0.1) is 6.04 Å². The van der Waals surface area contributed by atoms with Crippen molar-refractivity contribution in [3.63, 3.8) is 0 Å². The first kappa shape index (κ1) is 58.0. The van der Waals surface area contributed by atoms with Gasteiger partial charge in [0.25, 0.3) is 0 Å². The highest BCUT2D eigenvalue weighted by Crippen LogP contribution is 2.27. The number of nitrogens with two attached hydrogens (primary N) is 4. The summed E-state index contributed by atoms with van der Waals surface area (Å²) in [5.41, 5.74) is 24.0. The maximum atomic E-state index is 14.7. The summed E-state index contributed by atoms with van der Waals surface area (Å²) in [6.45, 7) is 1.46. The Morgan fingerprint density at radius 1 is 0.827 bits per heavy atom. The first-order valence-electron chi connectivity index (χ1n) is 25.2. The Bertz CT molecular complexity index is 2580. The Labute approximate surface area is 433 Å². The number of aliphatic carboxylic acids is 1. The number of aromatic amines is 1. The number of benzene rings is 2. The van der Waals surface area contributed by atoms with Crippen molar-refractivity contribution in [1.29, 1.82) is 0 Å². The van der Waals surface area contributed by atoms with Crippen LogP contribution in [0.3, 0.4) is 0 Å². The number of carbonyl (C=O) groups excluding carboxylic acids is 8. The van der Waals surface area contributed by atoms with Crippen molar-refractivity contribution in [3.8, 4) is 0 Å². The average molecular weight is 1040 g/mol. The lowest BCUT2D eigenvalue weighted by atomic mass is 9.83. The topological polar surface area (TPSA) is 382 Å². The van der Waals surface area contributed by atoms with Gasteiger partial charge in [-0.25, -0.2) is 9.18 Å². The molecule has 0 saturated carbocycles. The minimum Gasteiger partial charge on any atom is -0.480 e. The monoisotopic (exact) mass is 1040 g/mol. The molecule has 15 N–H and O–H groups in total. The molecule has 406 valence electrons. The number of halogens is 1. The molecule has 3 heterocycles. The standard InChI is InChI=1S/C51H70FN13O10/c1-29(66)61-37(11-5-22-59-51(55)56)46(71)62-38-18-19-44(69)57-20-6-12-39(49(74)75)63-45(70)32(25-33-28-60-36-10-3-2-9-35(33)36)27-42(67)31(8-4-21-58-50(53)54)26-43(68)40(24-30-14-16-34(52)17-15-30)64-47(72)41-13-7-23-65(41)48(38)73/h2-3,9-10,14-17,28,31-32,37-41,60H,4-8,11-13,18-27H2,1H3,(H,57,69)(H,61,66)(H,62,71)(H,63,70)(H,64,72)(H,74,75)(H4,53,54,58)(H4,55,56,59)/t31-,32-,37+,38+,39+,40-,41+/m1/s1. The van der Waals surface area contributed by atoms with Gasteiger partial charge >= 0.3 is 5.97 Å². The lowest BCUT2D eigenvalue weighted by molar-refractivity contribution is -0.143. The first-order valence-corrected chi connectivity index (χ1v) is 25.2. The van der Waals surface area contributed by atoms with E-state index in [1.54, 1.807) is 6.20 Å². The van der Waals surface area contributed by atoms with E-state index in [0.717, 1.165) is 10.9 Å². The second-order valence-corrected chi connectivity index (χ2v) is 19.0. The third-order valence-corrected chi connectivity index (χ3v) is 13.3. The Morgan fingerprint density at radius 3 is 2.21 bits per heavy atom. The summed E-state index contributed by atoms with van der Waals surface area (Å²) >= 11 is 0. The van der Waals surface area contributed by atoms with Crippen LogP contribution in [-0.4, -0.2) is 136 Å². The summed E-state index contributed by atoms with van der Waals surface area (Å²) in [7, 11) is 0. The van der Waals surface area contributed by atoms with Gasteiger partial charge in [0.2, 0.25) is 35.4 Å². The molecule has 2 aliphatic rings. The molecule has 0 radical (unpaired) electrons. The number of aromatic nitrogens is 1. The molecule has 3 aromatic rings. The number of nitrogens with one attached hydrogen (secondary N) is 6. The van der Waals surface area contributed by atoms with Crippen molar-refractivity contribution in [2.24, 2.45) is 44.8 Å². The average Bonchev–Trinajstić information content (AvgIpc) is 4.03. The van der Waals surface area contributed by atoms with Gasteiger partial charge in [0.1, 0.15) is 35.8 Å². The Hall–Kier alpha value is -7.92. The minimum atomic E-state index is -1.44. The summed E-state index contributed by atoms with van der Waals surface area (Å²) in [6, 6.07) is 6.11. The number of aliphatic imine (C=N–C) groups is 2. The third kappa shape index (κ3) is 18.2. The van der Waals surface area contributed by atoms with Crippen LogP contribution in [0.5, 0.6) is 0 Å². The molecule has 2 aromatic carbocycles. The highest BCUT2D eigenvalue weighted by Gasteiger charge is 2.40. The smallest absolute Gasteiger partial charge is 0.326 e. The number of fused-ring (bicyclic) bond motifs is 2. The molecule has 5 rings (SSSR count). The second kappa shape index (κ2) is 28.5. The van der Waals surface area contributed by atoms with E-state index in [1.807, 2.05) is 24.3 Å². The number of carbonyl (C=O) groups is 9. The normalized spacial score (nSPS) is 22.2. The predicted octanol–water partition coefficient (Wildman–Crippen LogP) is 0.0751. The van der Waals surface area contributed by atoms with Crippen molar-refractivity contribution >= 4 is 75.8 Å². The molecule has 2 aliphatic heterocycles. The van der Waals surface area contributed by atoms with Crippen LogP contribution in [0.15, 0.2) is 64.7 Å². The van der Waals surface area contributed by atoms with E-state index in [1.165, 1.54) is 36.1 Å². The van der Waals surface area contributed by atoms with Crippen LogP contribution in [0.25, 0.3) is 10.9 Å². The number of hydrogen-bond donors (Lipinski definition) is 11. The van der Waals surface area contributed by atoms with E-state index >= 15 is 0 Å². The maximum absolute atomic E-state index is 14.7. The second-order valence-electron chi connectivity index (χ2n) is 19.0. The molecule has 75 heavy (non-hydrogen) atoms. The summed E-state index contributed by atoms with van der Waals surface area (Å²) in [5, 5.41) is 24.4. The molecule has 0 aliphatic carbocycles. The van der Waals surface area contributed by atoms with Gasteiger partial charge in [-0.1, -0.05) is 30.3 Å². The fourth-order valence-electron chi connectivity index (χ4n) is 9.41. The number of carboxylic acid groups (broad SMARTS) is 1. The number of Topliss-reactive ketones (excluding diaryl/α,β-unsaturated/α-hetero) is 2. The van der Waals surface area contributed by atoms with Gasteiger partial charge in [-0.05, 0) is 100.0 Å². The number of guanidine groups is 2.